The molecule has 4 heteroatoms. The Hall–Kier alpha value is -1.81. The molecule has 2 rings (SSSR count). The van der Waals surface area contributed by atoms with Gasteiger partial charge in [-0.25, -0.2) is 0 Å². The summed E-state index contributed by atoms with van der Waals surface area (Å²) in [6, 6.07) is 13.7. The van der Waals surface area contributed by atoms with Crippen LogP contribution in [0.25, 0.3) is 0 Å². The number of hydrogen-bond acceptors (Lipinski definition) is 2. The molecule has 0 atom stereocenters. The molecule has 0 bridgehead atoms. The molecule has 0 saturated carbocycles. The number of anilines is 1. The summed E-state index contributed by atoms with van der Waals surface area (Å²) in [5.41, 5.74) is 3.81. The predicted molar refractivity (Wildman–Crippen MR) is 90.7 cm³/mol. The zero-order valence-corrected chi connectivity index (χ0v) is 13.8. The Bertz CT molecular complexity index is 623. The SMILES string of the molecule is CCNc1ccc(C(=O)NCc2ccc(Br)cc2)c(C)c1. The van der Waals surface area contributed by atoms with Crippen molar-refractivity contribution in [1.82, 2.24) is 5.32 Å². The van der Waals surface area contributed by atoms with E-state index in [1.165, 1.54) is 0 Å². The summed E-state index contributed by atoms with van der Waals surface area (Å²) in [7, 11) is 0. The molecule has 0 radical (unpaired) electrons. The highest BCUT2D eigenvalue weighted by Crippen LogP contribution is 2.15. The van der Waals surface area contributed by atoms with Crippen LogP contribution in [0.1, 0.15) is 28.4 Å². The molecule has 0 aliphatic carbocycles. The number of halogens is 1. The Morgan fingerprint density at radius 1 is 1.14 bits per heavy atom. The second-order valence-electron chi connectivity index (χ2n) is 4.87. The van der Waals surface area contributed by atoms with Gasteiger partial charge in [0.2, 0.25) is 0 Å². The minimum Gasteiger partial charge on any atom is -0.385 e. The van der Waals surface area contributed by atoms with Crippen LogP contribution in [-0.4, -0.2) is 12.5 Å². The summed E-state index contributed by atoms with van der Waals surface area (Å²) in [5, 5.41) is 6.19. The smallest absolute Gasteiger partial charge is 0.251 e. The molecule has 0 aliphatic rings. The van der Waals surface area contributed by atoms with E-state index < -0.39 is 0 Å². The van der Waals surface area contributed by atoms with Crippen LogP contribution in [0.4, 0.5) is 5.69 Å². The number of rotatable bonds is 5. The lowest BCUT2D eigenvalue weighted by molar-refractivity contribution is 0.0950. The van der Waals surface area contributed by atoms with E-state index in [1.54, 1.807) is 0 Å². The van der Waals surface area contributed by atoms with E-state index in [9.17, 15) is 4.79 Å². The van der Waals surface area contributed by atoms with Crippen molar-refractivity contribution < 1.29 is 4.79 Å². The first kappa shape index (κ1) is 15.6. The fraction of sp³-hybridized carbons (Fsp3) is 0.235. The average molecular weight is 347 g/mol. The monoisotopic (exact) mass is 346 g/mol. The molecule has 0 saturated heterocycles. The maximum Gasteiger partial charge on any atom is 0.251 e. The molecule has 2 aromatic carbocycles. The van der Waals surface area contributed by atoms with Crippen LogP contribution in [0, 0.1) is 6.92 Å². The first-order valence-corrected chi connectivity index (χ1v) is 7.76. The van der Waals surface area contributed by atoms with Gasteiger partial charge >= 0.3 is 0 Å². The molecule has 0 aliphatic heterocycles. The third-order valence-corrected chi connectivity index (χ3v) is 3.75. The number of nitrogens with one attached hydrogen (secondary N) is 2. The molecule has 0 heterocycles. The first-order chi connectivity index (χ1) is 10.1. The molecule has 0 fully saturated rings. The average Bonchev–Trinajstić information content (AvgIpc) is 2.47. The third kappa shape index (κ3) is 4.33. The molecular weight excluding hydrogens is 328 g/mol. The molecule has 1 amide bonds. The van der Waals surface area contributed by atoms with Gasteiger partial charge in [0.25, 0.3) is 5.91 Å². The van der Waals surface area contributed by atoms with Gasteiger partial charge in [-0.05, 0) is 55.3 Å². The van der Waals surface area contributed by atoms with E-state index in [1.807, 2.05) is 56.3 Å². The second kappa shape index (κ2) is 7.27. The summed E-state index contributed by atoms with van der Waals surface area (Å²) < 4.78 is 1.03. The van der Waals surface area contributed by atoms with Crippen LogP contribution in [0.3, 0.4) is 0 Å². The summed E-state index contributed by atoms with van der Waals surface area (Å²) >= 11 is 3.40. The highest BCUT2D eigenvalue weighted by atomic mass is 79.9. The molecule has 0 aromatic heterocycles. The second-order valence-corrected chi connectivity index (χ2v) is 5.78. The van der Waals surface area contributed by atoms with Gasteiger partial charge in [-0.3, -0.25) is 4.79 Å². The van der Waals surface area contributed by atoms with E-state index in [-0.39, 0.29) is 5.91 Å². The van der Waals surface area contributed by atoms with Crippen LogP contribution in [0.2, 0.25) is 0 Å². The lowest BCUT2D eigenvalue weighted by Crippen LogP contribution is -2.23. The van der Waals surface area contributed by atoms with Crippen molar-refractivity contribution in [3.05, 3.63) is 63.6 Å². The fourth-order valence-electron chi connectivity index (χ4n) is 2.11. The lowest BCUT2D eigenvalue weighted by atomic mass is 10.1. The molecule has 2 aromatic rings. The van der Waals surface area contributed by atoms with Crippen LogP contribution >= 0.6 is 15.9 Å². The van der Waals surface area contributed by atoms with Gasteiger partial charge in [0.15, 0.2) is 0 Å². The quantitative estimate of drug-likeness (QED) is 0.854. The Labute approximate surface area is 133 Å². The molecule has 21 heavy (non-hydrogen) atoms. The largest absolute Gasteiger partial charge is 0.385 e. The third-order valence-electron chi connectivity index (χ3n) is 3.22. The zero-order valence-electron chi connectivity index (χ0n) is 12.2. The standard InChI is InChI=1S/C17H19BrN2O/c1-3-19-15-8-9-16(12(2)10-15)17(21)20-11-13-4-6-14(18)7-5-13/h4-10,19H,3,11H2,1-2H3,(H,20,21). The maximum absolute atomic E-state index is 12.2. The molecule has 110 valence electrons. The molecule has 0 spiro atoms. The van der Waals surface area contributed by atoms with E-state index in [0.717, 1.165) is 27.8 Å². The molecule has 3 nitrogen and oxygen atoms in total. The highest BCUT2D eigenvalue weighted by molar-refractivity contribution is 9.10. The Balaban J connectivity index is 2.01. The summed E-state index contributed by atoms with van der Waals surface area (Å²) in [6.45, 7) is 5.40. The van der Waals surface area contributed by atoms with Gasteiger partial charge in [-0.1, -0.05) is 28.1 Å². The number of amides is 1. The van der Waals surface area contributed by atoms with Crippen molar-refractivity contribution in [2.45, 2.75) is 20.4 Å². The van der Waals surface area contributed by atoms with Gasteiger partial charge in [0.1, 0.15) is 0 Å². The van der Waals surface area contributed by atoms with E-state index in [4.69, 9.17) is 0 Å². The highest BCUT2D eigenvalue weighted by Gasteiger charge is 2.09. The zero-order chi connectivity index (χ0) is 15.2. The van der Waals surface area contributed by atoms with Crippen molar-refractivity contribution in [1.29, 1.82) is 0 Å². The number of carbonyl (C=O) groups excluding carboxylic acids is 1. The molecular formula is C17H19BrN2O. The number of benzene rings is 2. The lowest BCUT2D eigenvalue weighted by Gasteiger charge is -2.10. The van der Waals surface area contributed by atoms with Crippen molar-refractivity contribution in [3.63, 3.8) is 0 Å². The normalized spacial score (nSPS) is 10.2. The summed E-state index contributed by atoms with van der Waals surface area (Å²) in [5.74, 6) is -0.0431. The summed E-state index contributed by atoms with van der Waals surface area (Å²) in [6.07, 6.45) is 0. The number of hydrogen-bond donors (Lipinski definition) is 2. The van der Waals surface area contributed by atoms with E-state index in [2.05, 4.69) is 26.6 Å². The minimum absolute atomic E-state index is 0.0431. The van der Waals surface area contributed by atoms with Crippen molar-refractivity contribution >= 4 is 27.5 Å². The van der Waals surface area contributed by atoms with Gasteiger partial charge < -0.3 is 10.6 Å². The van der Waals surface area contributed by atoms with Gasteiger partial charge in [0, 0.05) is 28.8 Å². The number of carbonyl (C=O) groups is 1. The minimum atomic E-state index is -0.0431. The van der Waals surface area contributed by atoms with Gasteiger partial charge in [0.05, 0.1) is 0 Å². The van der Waals surface area contributed by atoms with Crippen LogP contribution in [0.15, 0.2) is 46.9 Å². The van der Waals surface area contributed by atoms with Crippen molar-refractivity contribution in [2.24, 2.45) is 0 Å². The van der Waals surface area contributed by atoms with Crippen LogP contribution in [0.5, 0.6) is 0 Å². The Morgan fingerprint density at radius 2 is 1.86 bits per heavy atom. The predicted octanol–water partition coefficient (Wildman–Crippen LogP) is 4.12. The van der Waals surface area contributed by atoms with Crippen molar-refractivity contribution in [2.75, 3.05) is 11.9 Å². The summed E-state index contributed by atoms with van der Waals surface area (Å²) in [4.78, 5) is 12.2. The molecule has 2 N–H and O–H groups in total. The number of aryl methyl sites for hydroxylation is 1. The fourth-order valence-corrected chi connectivity index (χ4v) is 2.38. The van der Waals surface area contributed by atoms with E-state index >= 15 is 0 Å². The van der Waals surface area contributed by atoms with Gasteiger partial charge in [-0.2, -0.15) is 0 Å². The topological polar surface area (TPSA) is 41.1 Å². The van der Waals surface area contributed by atoms with Gasteiger partial charge in [-0.15, -0.1) is 0 Å². The molecule has 0 unspecified atom stereocenters. The Morgan fingerprint density at radius 3 is 2.48 bits per heavy atom. The van der Waals surface area contributed by atoms with Crippen LogP contribution < -0.4 is 10.6 Å². The Kier molecular flexibility index (Phi) is 5.39. The maximum atomic E-state index is 12.2. The first-order valence-electron chi connectivity index (χ1n) is 6.97. The van der Waals surface area contributed by atoms with Crippen LogP contribution in [-0.2, 0) is 6.54 Å². The van der Waals surface area contributed by atoms with E-state index in [0.29, 0.717) is 12.1 Å². The van der Waals surface area contributed by atoms with Crippen molar-refractivity contribution in [3.8, 4) is 0 Å².